The highest BCUT2D eigenvalue weighted by atomic mass is 16.5. The van der Waals surface area contributed by atoms with Gasteiger partial charge in [0.25, 0.3) is 0 Å². The molecule has 0 aromatic heterocycles. The second-order valence-corrected chi connectivity index (χ2v) is 5.51. The van der Waals surface area contributed by atoms with Crippen LogP contribution in [0.3, 0.4) is 0 Å². The SMILES string of the molecule is Cc1ccccc1COc1ccc(C(=O)CCC(=O)O)cc1C. The Bertz CT molecular complexity index is 719. The Labute approximate surface area is 135 Å². The first-order chi connectivity index (χ1) is 11.0. The van der Waals surface area contributed by atoms with Gasteiger partial charge in [0.2, 0.25) is 0 Å². The fraction of sp³-hybridized carbons (Fsp3) is 0.263. The van der Waals surface area contributed by atoms with E-state index in [2.05, 4.69) is 0 Å². The van der Waals surface area contributed by atoms with E-state index in [0.29, 0.717) is 12.2 Å². The van der Waals surface area contributed by atoms with E-state index in [4.69, 9.17) is 9.84 Å². The number of aryl methyl sites for hydroxylation is 2. The third-order valence-corrected chi connectivity index (χ3v) is 3.71. The second kappa shape index (κ2) is 7.58. The van der Waals surface area contributed by atoms with Gasteiger partial charge >= 0.3 is 5.97 Å². The first-order valence-electron chi connectivity index (χ1n) is 7.50. The van der Waals surface area contributed by atoms with Crippen molar-refractivity contribution in [3.63, 3.8) is 0 Å². The molecule has 23 heavy (non-hydrogen) atoms. The lowest BCUT2D eigenvalue weighted by atomic mass is 10.0. The van der Waals surface area contributed by atoms with E-state index in [0.717, 1.165) is 16.9 Å². The van der Waals surface area contributed by atoms with Gasteiger partial charge in [0, 0.05) is 12.0 Å². The Morgan fingerprint density at radius 3 is 2.39 bits per heavy atom. The van der Waals surface area contributed by atoms with E-state index in [1.165, 1.54) is 5.56 Å². The van der Waals surface area contributed by atoms with Gasteiger partial charge in [-0.05, 0) is 48.7 Å². The normalized spacial score (nSPS) is 10.3. The summed E-state index contributed by atoms with van der Waals surface area (Å²) in [5.41, 5.74) is 3.67. The molecule has 0 unspecified atom stereocenters. The van der Waals surface area contributed by atoms with Gasteiger partial charge in [0.15, 0.2) is 5.78 Å². The van der Waals surface area contributed by atoms with Crippen molar-refractivity contribution in [2.45, 2.75) is 33.3 Å². The minimum atomic E-state index is -0.965. The third-order valence-electron chi connectivity index (χ3n) is 3.71. The van der Waals surface area contributed by atoms with Crippen LogP contribution < -0.4 is 4.74 Å². The maximum Gasteiger partial charge on any atom is 0.303 e. The third kappa shape index (κ3) is 4.68. The average Bonchev–Trinajstić information content (AvgIpc) is 2.52. The van der Waals surface area contributed by atoms with Crippen LogP contribution in [0.2, 0.25) is 0 Å². The van der Waals surface area contributed by atoms with E-state index in [9.17, 15) is 9.59 Å². The first kappa shape index (κ1) is 16.7. The highest BCUT2D eigenvalue weighted by Gasteiger charge is 2.10. The molecule has 0 radical (unpaired) electrons. The number of rotatable bonds is 7. The Balaban J connectivity index is 2.03. The zero-order valence-electron chi connectivity index (χ0n) is 13.3. The molecule has 0 aliphatic carbocycles. The highest BCUT2D eigenvalue weighted by Crippen LogP contribution is 2.22. The molecule has 0 aliphatic rings. The van der Waals surface area contributed by atoms with Crippen LogP contribution in [0.25, 0.3) is 0 Å². The molecule has 0 atom stereocenters. The van der Waals surface area contributed by atoms with Crippen molar-refractivity contribution in [2.24, 2.45) is 0 Å². The molecule has 0 spiro atoms. The van der Waals surface area contributed by atoms with E-state index >= 15 is 0 Å². The number of ketones is 1. The molecule has 0 fully saturated rings. The minimum Gasteiger partial charge on any atom is -0.489 e. The van der Waals surface area contributed by atoms with Crippen LogP contribution in [0.4, 0.5) is 0 Å². The van der Waals surface area contributed by atoms with Crippen molar-refractivity contribution in [3.8, 4) is 5.75 Å². The average molecular weight is 312 g/mol. The molecule has 120 valence electrons. The summed E-state index contributed by atoms with van der Waals surface area (Å²) in [4.78, 5) is 22.5. The predicted molar refractivity (Wildman–Crippen MR) is 87.9 cm³/mol. The summed E-state index contributed by atoms with van der Waals surface area (Å²) in [7, 11) is 0. The smallest absolute Gasteiger partial charge is 0.303 e. The number of carboxylic acid groups (broad SMARTS) is 1. The zero-order chi connectivity index (χ0) is 16.8. The van der Waals surface area contributed by atoms with E-state index in [-0.39, 0.29) is 18.6 Å². The van der Waals surface area contributed by atoms with Crippen molar-refractivity contribution in [1.82, 2.24) is 0 Å². The number of carboxylic acids is 1. The van der Waals surface area contributed by atoms with Crippen LogP contribution in [0.5, 0.6) is 5.75 Å². The minimum absolute atomic E-state index is 0.0121. The van der Waals surface area contributed by atoms with Crippen LogP contribution in [-0.4, -0.2) is 16.9 Å². The topological polar surface area (TPSA) is 63.6 Å². The van der Waals surface area contributed by atoms with Crippen molar-refractivity contribution >= 4 is 11.8 Å². The summed E-state index contributed by atoms with van der Waals surface area (Å²) in [5, 5.41) is 8.64. The summed E-state index contributed by atoms with van der Waals surface area (Å²) in [6.07, 6.45) is -0.137. The van der Waals surface area contributed by atoms with Gasteiger partial charge in [-0.1, -0.05) is 24.3 Å². The fourth-order valence-electron chi connectivity index (χ4n) is 2.28. The molecule has 4 nitrogen and oxygen atoms in total. The molecule has 0 aliphatic heterocycles. The molecular formula is C19H20O4. The Hall–Kier alpha value is -2.62. The number of Topliss-reactive ketones (excluding diaryl/α,β-unsaturated/α-hetero) is 1. The highest BCUT2D eigenvalue weighted by molar-refractivity contribution is 5.97. The van der Waals surface area contributed by atoms with E-state index in [1.807, 2.05) is 38.1 Å². The maximum atomic E-state index is 11.9. The molecule has 1 N–H and O–H groups in total. The molecule has 0 bridgehead atoms. The van der Waals surface area contributed by atoms with Crippen LogP contribution in [-0.2, 0) is 11.4 Å². The fourth-order valence-corrected chi connectivity index (χ4v) is 2.28. The van der Waals surface area contributed by atoms with Crippen molar-refractivity contribution in [3.05, 3.63) is 64.7 Å². The second-order valence-electron chi connectivity index (χ2n) is 5.51. The molecule has 0 heterocycles. The van der Waals surface area contributed by atoms with Gasteiger partial charge in [0.05, 0.1) is 6.42 Å². The summed E-state index contributed by atoms with van der Waals surface area (Å²) >= 11 is 0. The molecule has 0 amide bonds. The molecule has 0 saturated heterocycles. The van der Waals surface area contributed by atoms with Crippen LogP contribution in [0.1, 0.15) is 39.9 Å². The number of carbonyl (C=O) groups excluding carboxylic acids is 1. The molecule has 0 saturated carbocycles. The van der Waals surface area contributed by atoms with Gasteiger partial charge in [-0.15, -0.1) is 0 Å². The standard InChI is InChI=1S/C19H20O4/c1-13-5-3-4-6-16(13)12-23-18-9-7-15(11-14(18)2)17(20)8-10-19(21)22/h3-7,9,11H,8,10,12H2,1-2H3,(H,21,22). The van der Waals surface area contributed by atoms with Gasteiger partial charge in [-0.3, -0.25) is 9.59 Å². The van der Waals surface area contributed by atoms with Crippen LogP contribution in [0.15, 0.2) is 42.5 Å². The van der Waals surface area contributed by atoms with Gasteiger partial charge in [-0.2, -0.15) is 0 Å². The summed E-state index contributed by atoms with van der Waals surface area (Å²) < 4.78 is 5.83. The predicted octanol–water partition coefficient (Wildman–Crippen LogP) is 3.93. The molecule has 4 heteroatoms. The van der Waals surface area contributed by atoms with Crippen molar-refractivity contribution in [1.29, 1.82) is 0 Å². The number of ether oxygens (including phenoxy) is 1. The van der Waals surface area contributed by atoms with Crippen molar-refractivity contribution in [2.75, 3.05) is 0 Å². The Morgan fingerprint density at radius 2 is 1.74 bits per heavy atom. The number of aliphatic carboxylic acids is 1. The lowest BCUT2D eigenvalue weighted by Gasteiger charge is -2.12. The number of hydrogen-bond acceptors (Lipinski definition) is 3. The Kier molecular flexibility index (Phi) is 5.52. The van der Waals surface area contributed by atoms with E-state index in [1.54, 1.807) is 18.2 Å². The lowest BCUT2D eigenvalue weighted by molar-refractivity contribution is -0.136. The van der Waals surface area contributed by atoms with Crippen molar-refractivity contribution < 1.29 is 19.4 Å². The molecule has 2 aromatic carbocycles. The lowest BCUT2D eigenvalue weighted by Crippen LogP contribution is -2.05. The largest absolute Gasteiger partial charge is 0.489 e. The Morgan fingerprint density at radius 1 is 1.00 bits per heavy atom. The number of hydrogen-bond donors (Lipinski definition) is 1. The number of benzene rings is 2. The molecular weight excluding hydrogens is 292 g/mol. The molecule has 2 rings (SSSR count). The quantitative estimate of drug-likeness (QED) is 0.787. The van der Waals surface area contributed by atoms with Crippen LogP contribution >= 0.6 is 0 Å². The number of carbonyl (C=O) groups is 2. The molecule has 2 aromatic rings. The zero-order valence-corrected chi connectivity index (χ0v) is 13.3. The van der Waals surface area contributed by atoms with Gasteiger partial charge < -0.3 is 9.84 Å². The monoisotopic (exact) mass is 312 g/mol. The van der Waals surface area contributed by atoms with E-state index < -0.39 is 5.97 Å². The maximum absolute atomic E-state index is 11.9. The summed E-state index contributed by atoms with van der Waals surface area (Å²) in [6.45, 7) is 4.39. The first-order valence-corrected chi connectivity index (χ1v) is 7.50. The van der Waals surface area contributed by atoms with Gasteiger partial charge in [0.1, 0.15) is 12.4 Å². The van der Waals surface area contributed by atoms with Crippen LogP contribution in [0, 0.1) is 13.8 Å². The summed E-state index contributed by atoms with van der Waals surface area (Å²) in [5.74, 6) is -0.405. The summed E-state index contributed by atoms with van der Waals surface area (Å²) in [6, 6.07) is 13.2. The van der Waals surface area contributed by atoms with Gasteiger partial charge in [-0.25, -0.2) is 0 Å².